The Morgan fingerprint density at radius 3 is 1.50 bits per heavy atom. The smallest absolute Gasteiger partial charge is 0.135 e. The van der Waals surface area contributed by atoms with E-state index in [2.05, 4.69) is 234 Å². The molecule has 0 N–H and O–H groups in total. The van der Waals surface area contributed by atoms with Crippen molar-refractivity contribution in [1.82, 2.24) is 0 Å². The van der Waals surface area contributed by atoms with Crippen molar-refractivity contribution >= 4 is 66.8 Å². The van der Waals surface area contributed by atoms with Crippen LogP contribution in [0.15, 0.2) is 235 Å². The third-order valence-electron chi connectivity index (χ3n) is 13.2. The van der Waals surface area contributed by atoms with Gasteiger partial charge in [0.25, 0.3) is 0 Å². The number of benzene rings is 10. The van der Waals surface area contributed by atoms with Crippen LogP contribution in [-0.2, 0) is 5.41 Å². The van der Waals surface area contributed by atoms with Crippen molar-refractivity contribution in [2.75, 3.05) is 9.80 Å². The molecule has 11 aromatic rings. The molecule has 1 unspecified atom stereocenters. The molecular formula is C59H38N2O. The lowest BCUT2D eigenvalue weighted by Crippen LogP contribution is -2.26. The molecule has 1 heterocycles. The van der Waals surface area contributed by atoms with Gasteiger partial charge in [-0.1, -0.05) is 152 Å². The third kappa shape index (κ3) is 4.88. The van der Waals surface area contributed by atoms with Crippen LogP contribution in [0.2, 0.25) is 0 Å². The first kappa shape index (κ1) is 34.7. The van der Waals surface area contributed by atoms with Crippen LogP contribution in [0.4, 0.5) is 34.1 Å². The van der Waals surface area contributed by atoms with Gasteiger partial charge in [-0.2, -0.15) is 0 Å². The summed E-state index contributed by atoms with van der Waals surface area (Å²) in [5.74, 6) is 0. The zero-order valence-electron chi connectivity index (χ0n) is 33.7. The van der Waals surface area contributed by atoms with Gasteiger partial charge in [-0.25, -0.2) is 0 Å². The standard InChI is InChI=1S/C59H38N2O/c1-4-18-39(19-5-1)60(40-20-6-2-7-21-40)43-32-34-45-44-24-12-15-29-51(44)59(53(45)37-43)52-30-16-13-28-49(52)58-48-27-11-10-25-46(48)55(38-54(58)59)61(41-22-8-3-9-23-41)42-33-35-57-50(36-42)47-26-14-17-31-56(47)62-57/h1-38H. The fourth-order valence-electron chi connectivity index (χ4n) is 10.7. The molecule has 1 spiro atoms. The van der Waals surface area contributed by atoms with Crippen LogP contribution < -0.4 is 9.80 Å². The Hall–Kier alpha value is -8.14. The predicted molar refractivity (Wildman–Crippen MR) is 257 cm³/mol. The Bertz CT molecular complexity index is 3500. The van der Waals surface area contributed by atoms with Crippen LogP contribution in [0.1, 0.15) is 22.3 Å². The van der Waals surface area contributed by atoms with Gasteiger partial charge in [0.2, 0.25) is 0 Å². The quantitative estimate of drug-likeness (QED) is 0.167. The normalized spacial score (nSPS) is 14.5. The van der Waals surface area contributed by atoms with E-state index in [1.54, 1.807) is 0 Å². The number of anilines is 6. The van der Waals surface area contributed by atoms with Crippen molar-refractivity contribution in [1.29, 1.82) is 0 Å². The fourth-order valence-corrected chi connectivity index (χ4v) is 10.7. The van der Waals surface area contributed by atoms with Crippen LogP contribution >= 0.6 is 0 Å². The minimum Gasteiger partial charge on any atom is -0.456 e. The molecule has 0 fully saturated rings. The average molecular weight is 791 g/mol. The molecule has 0 saturated heterocycles. The number of rotatable bonds is 6. The summed E-state index contributed by atoms with van der Waals surface area (Å²) in [5.41, 5.74) is 18.1. The molecule has 2 aliphatic rings. The topological polar surface area (TPSA) is 19.6 Å². The summed E-state index contributed by atoms with van der Waals surface area (Å²) in [4.78, 5) is 4.84. The summed E-state index contributed by atoms with van der Waals surface area (Å²) in [6, 6.07) is 84.1. The van der Waals surface area contributed by atoms with Crippen molar-refractivity contribution in [3.05, 3.63) is 253 Å². The van der Waals surface area contributed by atoms with Gasteiger partial charge in [-0.3, -0.25) is 0 Å². The Labute approximate surface area is 360 Å². The molecule has 0 bridgehead atoms. The average Bonchev–Trinajstić information content (AvgIpc) is 3.96. The largest absolute Gasteiger partial charge is 0.456 e. The molecule has 3 heteroatoms. The number of hydrogen-bond donors (Lipinski definition) is 0. The van der Waals surface area contributed by atoms with Gasteiger partial charge in [0.15, 0.2) is 0 Å². The first-order chi connectivity index (χ1) is 30.8. The highest BCUT2D eigenvalue weighted by Crippen LogP contribution is 2.65. The fraction of sp³-hybridized carbons (Fsp3) is 0.0169. The third-order valence-corrected chi connectivity index (χ3v) is 13.2. The summed E-state index contributed by atoms with van der Waals surface area (Å²) in [5, 5.41) is 4.64. The SMILES string of the molecule is c1ccc(N(c2ccccc2)c2ccc3c(c2)C2(c4ccccc4-3)c3ccccc3-c3c2cc(N(c2ccccc2)c2ccc4oc5ccccc5c4c2)c2ccccc32)cc1. The first-order valence-electron chi connectivity index (χ1n) is 21.3. The van der Waals surface area contributed by atoms with E-state index < -0.39 is 5.41 Å². The van der Waals surface area contributed by atoms with E-state index in [9.17, 15) is 0 Å². The molecule has 290 valence electrons. The Morgan fingerprint density at radius 1 is 0.290 bits per heavy atom. The minimum atomic E-state index is -0.598. The van der Waals surface area contributed by atoms with E-state index in [-0.39, 0.29) is 0 Å². The number of furan rings is 1. The summed E-state index contributed by atoms with van der Waals surface area (Å²) in [6.45, 7) is 0. The summed E-state index contributed by atoms with van der Waals surface area (Å²) >= 11 is 0. The van der Waals surface area contributed by atoms with Crippen LogP contribution in [-0.4, -0.2) is 0 Å². The lowest BCUT2D eigenvalue weighted by Gasteiger charge is -2.34. The predicted octanol–water partition coefficient (Wildman–Crippen LogP) is 16.0. The van der Waals surface area contributed by atoms with E-state index in [0.717, 1.165) is 56.1 Å². The highest BCUT2D eigenvalue weighted by atomic mass is 16.3. The van der Waals surface area contributed by atoms with Crippen LogP contribution in [0.3, 0.4) is 0 Å². The number of hydrogen-bond acceptors (Lipinski definition) is 3. The van der Waals surface area contributed by atoms with Gasteiger partial charge in [-0.15, -0.1) is 0 Å². The molecule has 62 heavy (non-hydrogen) atoms. The van der Waals surface area contributed by atoms with Crippen molar-refractivity contribution in [3.63, 3.8) is 0 Å². The van der Waals surface area contributed by atoms with E-state index >= 15 is 0 Å². The minimum absolute atomic E-state index is 0.598. The Kier molecular flexibility index (Phi) is 7.52. The lowest BCUT2D eigenvalue weighted by molar-refractivity contribution is 0.669. The van der Waals surface area contributed by atoms with Gasteiger partial charge >= 0.3 is 0 Å². The van der Waals surface area contributed by atoms with Gasteiger partial charge in [0.1, 0.15) is 11.2 Å². The van der Waals surface area contributed by atoms with Crippen LogP contribution in [0.5, 0.6) is 0 Å². The monoisotopic (exact) mass is 790 g/mol. The first-order valence-corrected chi connectivity index (χ1v) is 21.3. The Morgan fingerprint density at radius 2 is 0.790 bits per heavy atom. The van der Waals surface area contributed by atoms with Gasteiger partial charge in [0, 0.05) is 44.6 Å². The van der Waals surface area contributed by atoms with E-state index in [0.29, 0.717) is 0 Å². The molecule has 0 radical (unpaired) electrons. The maximum Gasteiger partial charge on any atom is 0.135 e. The van der Waals surface area contributed by atoms with Crippen molar-refractivity contribution in [2.45, 2.75) is 5.41 Å². The van der Waals surface area contributed by atoms with Gasteiger partial charge in [-0.05, 0) is 129 Å². The number of para-hydroxylation sites is 4. The molecule has 1 aromatic heterocycles. The second-order valence-corrected chi connectivity index (χ2v) is 16.4. The second-order valence-electron chi connectivity index (χ2n) is 16.4. The molecule has 0 amide bonds. The van der Waals surface area contributed by atoms with E-state index in [4.69, 9.17) is 4.42 Å². The van der Waals surface area contributed by atoms with Crippen molar-refractivity contribution in [3.8, 4) is 22.3 Å². The molecule has 2 aliphatic carbocycles. The van der Waals surface area contributed by atoms with E-state index in [1.165, 1.54) is 55.3 Å². The van der Waals surface area contributed by atoms with Gasteiger partial charge in [0.05, 0.1) is 11.1 Å². The molecule has 1 atom stereocenters. The summed E-state index contributed by atoms with van der Waals surface area (Å²) in [6.07, 6.45) is 0. The highest BCUT2D eigenvalue weighted by Gasteiger charge is 2.52. The zero-order valence-corrected chi connectivity index (χ0v) is 33.7. The maximum absolute atomic E-state index is 6.36. The number of fused-ring (bicyclic) bond motifs is 15. The Balaban J connectivity index is 1.13. The van der Waals surface area contributed by atoms with E-state index in [1.807, 2.05) is 6.07 Å². The number of nitrogens with zero attached hydrogens (tertiary/aromatic N) is 2. The van der Waals surface area contributed by atoms with Crippen LogP contribution in [0.25, 0.3) is 55.0 Å². The lowest BCUT2D eigenvalue weighted by atomic mass is 9.70. The zero-order chi connectivity index (χ0) is 40.8. The highest BCUT2D eigenvalue weighted by molar-refractivity contribution is 6.13. The molecule has 3 nitrogen and oxygen atoms in total. The van der Waals surface area contributed by atoms with Crippen LogP contribution in [0, 0.1) is 0 Å². The molecule has 0 saturated carbocycles. The second kappa shape index (κ2) is 13.4. The van der Waals surface area contributed by atoms with Gasteiger partial charge < -0.3 is 14.2 Å². The van der Waals surface area contributed by atoms with Crippen molar-refractivity contribution < 1.29 is 4.42 Å². The maximum atomic E-state index is 6.36. The summed E-state index contributed by atoms with van der Waals surface area (Å²) in [7, 11) is 0. The molecule has 13 rings (SSSR count). The molecular weight excluding hydrogens is 753 g/mol. The summed E-state index contributed by atoms with van der Waals surface area (Å²) < 4.78 is 6.36. The molecule has 0 aliphatic heterocycles. The van der Waals surface area contributed by atoms with Crippen molar-refractivity contribution in [2.24, 2.45) is 0 Å². The molecule has 10 aromatic carbocycles.